The van der Waals surface area contributed by atoms with E-state index in [0.717, 1.165) is 16.7 Å². The molecule has 0 bridgehead atoms. The van der Waals surface area contributed by atoms with Crippen LogP contribution >= 0.6 is 0 Å². The summed E-state index contributed by atoms with van der Waals surface area (Å²) in [6, 6.07) is 10.1. The van der Waals surface area contributed by atoms with Crippen molar-refractivity contribution in [2.24, 2.45) is 29.4 Å². The Kier molecular flexibility index (Phi) is 6.98. The van der Waals surface area contributed by atoms with Crippen LogP contribution in [0.25, 0.3) is 0 Å². The van der Waals surface area contributed by atoms with Crippen molar-refractivity contribution in [2.45, 2.75) is 44.5 Å². The van der Waals surface area contributed by atoms with Crippen LogP contribution < -0.4 is 11.1 Å². The number of nitrogens with one attached hydrogen (secondary N) is 1. The maximum absolute atomic E-state index is 13.9. The first-order chi connectivity index (χ1) is 18.9. The molecule has 5 N–H and O–H groups in total. The Morgan fingerprint density at radius 3 is 2.35 bits per heavy atom. The average molecular weight is 548 g/mol. The minimum Gasteiger partial charge on any atom is -0.507 e. The third kappa shape index (κ3) is 4.18. The predicted octanol–water partition coefficient (Wildman–Crippen LogP) is 0.465. The number of phenolic OH excluding ortho intramolecular Hbond substituents is 1. The number of hydrogen-bond acceptors (Lipinski definition) is 9. The summed E-state index contributed by atoms with van der Waals surface area (Å²) in [5.41, 5.74) is 6.26. The fourth-order valence-electron chi connectivity index (χ4n) is 6.88. The molecule has 1 amide bonds. The molecule has 210 valence electrons. The Balaban J connectivity index is 1.50. The van der Waals surface area contributed by atoms with Gasteiger partial charge in [0, 0.05) is 19.0 Å². The maximum atomic E-state index is 13.9. The van der Waals surface area contributed by atoms with Gasteiger partial charge in [-0.3, -0.25) is 28.9 Å². The minimum atomic E-state index is -2.72. The van der Waals surface area contributed by atoms with Gasteiger partial charge in [-0.05, 0) is 62.5 Å². The lowest BCUT2D eigenvalue weighted by Gasteiger charge is -2.52. The Bertz CT molecular complexity index is 1430. The number of carbonyl (C=O) groups is 5. The number of carbonyl (C=O) groups excluding carboxylic acids is 5. The molecule has 2 aromatic carbocycles. The molecule has 6 unspecified atom stereocenters. The molecule has 0 heterocycles. The summed E-state index contributed by atoms with van der Waals surface area (Å²) < 4.78 is 0. The average Bonchev–Trinajstić information content (AvgIpc) is 2.88. The molecule has 0 radical (unpaired) electrons. The number of likely N-dealkylation sites (N-methyl/N-ethyl adjacent to an activating group) is 1. The lowest BCUT2D eigenvalue weighted by molar-refractivity contribution is -0.181. The normalized spacial score (nSPS) is 29.7. The second-order valence-corrected chi connectivity index (χ2v) is 11.5. The van der Waals surface area contributed by atoms with Crippen molar-refractivity contribution in [3.63, 3.8) is 0 Å². The lowest BCUT2D eigenvalue weighted by atomic mass is 9.52. The molecule has 3 aliphatic carbocycles. The van der Waals surface area contributed by atoms with Crippen molar-refractivity contribution in [1.29, 1.82) is 0 Å². The van der Waals surface area contributed by atoms with Crippen molar-refractivity contribution < 1.29 is 34.2 Å². The standard InChI is InChI=1S/C30H33N3O7/c1-14-4-6-15(7-5-14)12-32-13-16-8-9-20(34)22-18(16)10-17-11-19-24(33(2)3)26(36)23(29(31)39)28(38)30(19,40)27(37)21(17)25(22)35/h4-9,17,19,21,23-24,32,34,40H,10-13H2,1-3H3,(H2,31,39). The number of benzene rings is 2. The SMILES string of the molecule is Cc1ccc(CNCc2ccc(O)c3c2CC2CC4C(N(C)C)C(=O)C(C(N)=O)C(=O)C4(O)C(=O)C2C3=O)cc1. The number of aliphatic hydroxyl groups is 1. The number of fused-ring (bicyclic) bond motifs is 3. The number of hydrogen-bond donors (Lipinski definition) is 4. The van der Waals surface area contributed by atoms with Crippen LogP contribution in [-0.4, -0.2) is 69.9 Å². The number of phenols is 1. The van der Waals surface area contributed by atoms with Gasteiger partial charge >= 0.3 is 0 Å². The van der Waals surface area contributed by atoms with Crippen molar-refractivity contribution in [3.8, 4) is 5.75 Å². The van der Waals surface area contributed by atoms with Crippen LogP contribution in [0.1, 0.15) is 39.0 Å². The Morgan fingerprint density at radius 2 is 1.73 bits per heavy atom. The molecule has 40 heavy (non-hydrogen) atoms. The van der Waals surface area contributed by atoms with E-state index in [4.69, 9.17) is 5.73 Å². The number of amides is 1. The fourth-order valence-corrected chi connectivity index (χ4v) is 6.88. The summed E-state index contributed by atoms with van der Waals surface area (Å²) >= 11 is 0. The zero-order valence-corrected chi connectivity index (χ0v) is 22.6. The van der Waals surface area contributed by atoms with E-state index in [0.29, 0.717) is 18.7 Å². The monoisotopic (exact) mass is 547 g/mol. The van der Waals surface area contributed by atoms with Gasteiger partial charge in [-0.2, -0.15) is 0 Å². The number of primary amides is 1. The largest absolute Gasteiger partial charge is 0.507 e. The van der Waals surface area contributed by atoms with Gasteiger partial charge in [0.05, 0.1) is 17.5 Å². The Labute approximate surface area is 231 Å². The molecule has 2 fully saturated rings. The van der Waals surface area contributed by atoms with E-state index in [1.165, 1.54) is 11.0 Å². The highest BCUT2D eigenvalue weighted by Gasteiger charge is 2.69. The van der Waals surface area contributed by atoms with Crippen molar-refractivity contribution in [2.75, 3.05) is 14.1 Å². The summed E-state index contributed by atoms with van der Waals surface area (Å²) in [6.07, 6.45) is 0.261. The smallest absolute Gasteiger partial charge is 0.235 e. The third-order valence-corrected chi connectivity index (χ3v) is 8.81. The summed E-state index contributed by atoms with van der Waals surface area (Å²) in [5, 5.41) is 25.7. The molecule has 2 aromatic rings. The van der Waals surface area contributed by atoms with Crippen LogP contribution in [0, 0.1) is 30.6 Å². The van der Waals surface area contributed by atoms with Gasteiger partial charge in [0.25, 0.3) is 0 Å². The second kappa shape index (κ2) is 10.0. The first-order valence-corrected chi connectivity index (χ1v) is 13.3. The molecule has 0 aliphatic heterocycles. The Hall–Kier alpha value is -3.73. The number of nitrogens with zero attached hydrogens (tertiary/aromatic N) is 1. The minimum absolute atomic E-state index is 0.00114. The molecular weight excluding hydrogens is 514 g/mol. The van der Waals surface area contributed by atoms with Gasteiger partial charge in [-0.25, -0.2) is 0 Å². The first kappa shape index (κ1) is 27.8. The number of Topliss-reactive ketones (excluding diaryl/α,β-unsaturated/α-hetero) is 4. The van der Waals surface area contributed by atoms with Gasteiger partial charge in [0.15, 0.2) is 34.7 Å². The van der Waals surface area contributed by atoms with Gasteiger partial charge in [0.2, 0.25) is 5.91 Å². The number of aryl methyl sites for hydroxylation is 1. The quantitative estimate of drug-likeness (QED) is 0.376. The van der Waals surface area contributed by atoms with Gasteiger partial charge in [0.1, 0.15) is 5.75 Å². The van der Waals surface area contributed by atoms with E-state index in [-0.39, 0.29) is 24.2 Å². The zero-order chi connectivity index (χ0) is 29.1. The number of nitrogens with two attached hydrogens (primary N) is 1. The molecule has 0 spiro atoms. The third-order valence-electron chi connectivity index (χ3n) is 8.81. The van der Waals surface area contributed by atoms with Crippen molar-refractivity contribution in [1.82, 2.24) is 10.2 Å². The van der Waals surface area contributed by atoms with Crippen LogP contribution in [0.5, 0.6) is 5.75 Å². The molecular formula is C30H33N3O7. The van der Waals surface area contributed by atoms with Gasteiger partial charge in [-0.15, -0.1) is 0 Å². The Morgan fingerprint density at radius 1 is 1.05 bits per heavy atom. The van der Waals surface area contributed by atoms with Crippen LogP contribution in [0.2, 0.25) is 0 Å². The number of rotatable bonds is 6. The highest BCUT2D eigenvalue weighted by Crippen LogP contribution is 2.51. The van der Waals surface area contributed by atoms with Crippen LogP contribution in [0.4, 0.5) is 0 Å². The highest BCUT2D eigenvalue weighted by atomic mass is 16.3. The second-order valence-electron chi connectivity index (χ2n) is 11.5. The summed E-state index contributed by atoms with van der Waals surface area (Å²) in [4.78, 5) is 67.8. The van der Waals surface area contributed by atoms with E-state index in [2.05, 4.69) is 5.32 Å². The molecule has 0 saturated heterocycles. The van der Waals surface area contributed by atoms with E-state index in [1.54, 1.807) is 20.2 Å². The number of ketones is 4. The first-order valence-electron chi connectivity index (χ1n) is 13.3. The summed E-state index contributed by atoms with van der Waals surface area (Å²) in [6.45, 7) is 3.00. The highest BCUT2D eigenvalue weighted by molar-refractivity contribution is 6.32. The van der Waals surface area contributed by atoms with E-state index in [1.807, 2.05) is 31.2 Å². The van der Waals surface area contributed by atoms with Crippen molar-refractivity contribution in [3.05, 3.63) is 64.2 Å². The van der Waals surface area contributed by atoms with Crippen molar-refractivity contribution >= 4 is 29.0 Å². The molecule has 6 atom stereocenters. The molecule has 3 aliphatic rings. The lowest BCUT2D eigenvalue weighted by Crippen LogP contribution is -2.74. The topological polar surface area (TPSA) is 167 Å². The van der Waals surface area contributed by atoms with E-state index >= 15 is 0 Å². The number of aromatic hydroxyl groups is 1. The molecule has 0 aromatic heterocycles. The molecule has 10 nitrogen and oxygen atoms in total. The molecule has 2 saturated carbocycles. The fraction of sp³-hybridized carbons (Fsp3) is 0.433. The van der Waals surface area contributed by atoms with E-state index in [9.17, 15) is 34.2 Å². The predicted molar refractivity (Wildman–Crippen MR) is 143 cm³/mol. The van der Waals surface area contributed by atoms with Gasteiger partial charge < -0.3 is 21.3 Å². The van der Waals surface area contributed by atoms with Crippen LogP contribution in [0.3, 0.4) is 0 Å². The van der Waals surface area contributed by atoms with E-state index < -0.39 is 64.4 Å². The molecule has 10 heteroatoms. The zero-order valence-electron chi connectivity index (χ0n) is 22.6. The molecule has 5 rings (SSSR count). The summed E-state index contributed by atoms with van der Waals surface area (Å²) in [7, 11) is 3.12. The maximum Gasteiger partial charge on any atom is 0.235 e. The van der Waals surface area contributed by atoms with Crippen LogP contribution in [0.15, 0.2) is 36.4 Å². The van der Waals surface area contributed by atoms with Gasteiger partial charge in [-0.1, -0.05) is 35.9 Å². The summed E-state index contributed by atoms with van der Waals surface area (Å²) in [5.74, 6) is -10.4. The van der Waals surface area contributed by atoms with Crippen LogP contribution in [-0.2, 0) is 38.7 Å².